The molecule has 0 radical (unpaired) electrons. The van der Waals surface area contributed by atoms with Crippen LogP contribution in [0.1, 0.15) is 38.1 Å². The number of hydrogen-bond donors (Lipinski definition) is 1. The smallest absolute Gasteiger partial charge is 0.151 e. The van der Waals surface area contributed by atoms with Crippen LogP contribution in [0.3, 0.4) is 0 Å². The summed E-state index contributed by atoms with van der Waals surface area (Å²) >= 11 is 0. The third kappa shape index (κ3) is 3.35. The van der Waals surface area contributed by atoms with Gasteiger partial charge in [0.05, 0.1) is 25.5 Å². The molecule has 1 aliphatic carbocycles. The number of hydrogen-bond acceptors (Lipinski definition) is 5. The van der Waals surface area contributed by atoms with Crippen molar-refractivity contribution in [2.45, 2.75) is 51.4 Å². The number of ether oxygens (including phenoxy) is 1. The molecule has 2 fully saturated rings. The highest BCUT2D eigenvalue weighted by Gasteiger charge is 2.31. The Balaban J connectivity index is 1.56. The van der Waals surface area contributed by atoms with Gasteiger partial charge in [-0.15, -0.1) is 0 Å². The van der Waals surface area contributed by atoms with Crippen LogP contribution in [0, 0.1) is 0 Å². The summed E-state index contributed by atoms with van der Waals surface area (Å²) in [5.74, 6) is 0.947. The Morgan fingerprint density at radius 1 is 1.47 bits per heavy atom. The Morgan fingerprint density at radius 2 is 2.32 bits per heavy atom. The normalized spacial score (nSPS) is 23.7. The number of nitrogens with zero attached hydrogens (tertiary/aromatic N) is 2. The molecule has 19 heavy (non-hydrogen) atoms. The molecule has 1 aliphatic heterocycles. The van der Waals surface area contributed by atoms with Crippen LogP contribution in [0.15, 0.2) is 10.6 Å². The van der Waals surface area contributed by atoms with Gasteiger partial charge in [-0.3, -0.25) is 4.90 Å². The zero-order chi connectivity index (χ0) is 13.3. The molecule has 2 aliphatic rings. The maximum absolute atomic E-state index is 5.53. The number of morpholine rings is 1. The lowest BCUT2D eigenvalue weighted by Gasteiger charge is -2.41. The lowest BCUT2D eigenvalue weighted by atomic mass is 10.0. The number of rotatable bonds is 5. The molecule has 0 spiro atoms. The molecule has 0 aromatic carbocycles. The van der Waals surface area contributed by atoms with Crippen LogP contribution in [0.5, 0.6) is 0 Å². The summed E-state index contributed by atoms with van der Waals surface area (Å²) in [6.45, 7) is 8.57. The molecule has 1 N–H and O–H groups in total. The molecule has 0 atom stereocenters. The molecule has 0 unspecified atom stereocenters. The average molecular weight is 265 g/mol. The monoisotopic (exact) mass is 265 g/mol. The highest BCUT2D eigenvalue weighted by atomic mass is 16.5. The molecule has 1 aromatic heterocycles. The standard InChI is InChI=1S/C14H23N3O2/c1-14(2)10-18-6-5-17(14)9-13-7-12(16-19-13)8-15-11-3-4-11/h7,11,15H,3-6,8-10H2,1-2H3. The van der Waals surface area contributed by atoms with Crippen molar-refractivity contribution in [2.24, 2.45) is 0 Å². The summed E-state index contributed by atoms with van der Waals surface area (Å²) in [6, 6.07) is 2.78. The van der Waals surface area contributed by atoms with Gasteiger partial charge in [-0.1, -0.05) is 5.16 Å². The van der Waals surface area contributed by atoms with Gasteiger partial charge in [0.15, 0.2) is 5.76 Å². The van der Waals surface area contributed by atoms with Crippen molar-refractivity contribution >= 4 is 0 Å². The van der Waals surface area contributed by atoms with E-state index in [0.717, 1.165) is 44.3 Å². The van der Waals surface area contributed by atoms with E-state index >= 15 is 0 Å². The van der Waals surface area contributed by atoms with Crippen LogP contribution in [-0.2, 0) is 17.8 Å². The van der Waals surface area contributed by atoms with Gasteiger partial charge in [0.1, 0.15) is 0 Å². The molecule has 1 aromatic rings. The van der Waals surface area contributed by atoms with Gasteiger partial charge in [-0.2, -0.15) is 0 Å². The fourth-order valence-corrected chi connectivity index (χ4v) is 2.42. The van der Waals surface area contributed by atoms with Crippen molar-refractivity contribution in [3.05, 3.63) is 17.5 Å². The van der Waals surface area contributed by atoms with Crippen molar-refractivity contribution in [2.75, 3.05) is 19.8 Å². The lowest BCUT2D eigenvalue weighted by molar-refractivity contribution is -0.0582. The summed E-state index contributed by atoms with van der Waals surface area (Å²) < 4.78 is 11.0. The van der Waals surface area contributed by atoms with E-state index in [1.807, 2.05) is 0 Å². The van der Waals surface area contributed by atoms with E-state index in [2.05, 4.69) is 35.3 Å². The fourth-order valence-electron chi connectivity index (χ4n) is 2.42. The Morgan fingerprint density at radius 3 is 3.05 bits per heavy atom. The van der Waals surface area contributed by atoms with Crippen LogP contribution in [0.25, 0.3) is 0 Å². The molecular weight excluding hydrogens is 242 g/mol. The second-order valence-corrected chi connectivity index (χ2v) is 6.23. The lowest BCUT2D eigenvalue weighted by Crippen LogP contribution is -2.52. The summed E-state index contributed by atoms with van der Waals surface area (Å²) in [5, 5.41) is 7.58. The molecule has 0 bridgehead atoms. The topological polar surface area (TPSA) is 50.5 Å². The van der Waals surface area contributed by atoms with Crippen molar-refractivity contribution in [1.29, 1.82) is 0 Å². The summed E-state index contributed by atoms with van der Waals surface area (Å²) in [4.78, 5) is 2.40. The Kier molecular flexibility index (Phi) is 3.60. The van der Waals surface area contributed by atoms with E-state index in [-0.39, 0.29) is 5.54 Å². The van der Waals surface area contributed by atoms with Gasteiger partial charge in [-0.05, 0) is 26.7 Å². The van der Waals surface area contributed by atoms with Crippen LogP contribution < -0.4 is 5.32 Å². The van der Waals surface area contributed by atoms with Crippen molar-refractivity contribution in [3.8, 4) is 0 Å². The van der Waals surface area contributed by atoms with Crippen LogP contribution in [-0.4, -0.2) is 41.4 Å². The Labute approximate surface area is 114 Å². The zero-order valence-corrected chi connectivity index (χ0v) is 11.8. The van der Waals surface area contributed by atoms with E-state index in [1.165, 1.54) is 12.8 Å². The zero-order valence-electron chi connectivity index (χ0n) is 11.8. The first-order valence-corrected chi connectivity index (χ1v) is 7.14. The Bertz CT molecular complexity index is 426. The molecule has 2 heterocycles. The first-order chi connectivity index (χ1) is 9.13. The Hall–Kier alpha value is -0.910. The van der Waals surface area contributed by atoms with Crippen molar-refractivity contribution < 1.29 is 9.26 Å². The maximum atomic E-state index is 5.53. The third-order valence-corrected chi connectivity index (χ3v) is 3.92. The van der Waals surface area contributed by atoms with E-state index in [0.29, 0.717) is 6.04 Å². The molecule has 5 heteroatoms. The van der Waals surface area contributed by atoms with Gasteiger partial charge in [0.25, 0.3) is 0 Å². The quantitative estimate of drug-likeness (QED) is 0.875. The minimum Gasteiger partial charge on any atom is -0.378 e. The highest BCUT2D eigenvalue weighted by Crippen LogP contribution is 2.22. The fraction of sp³-hybridized carbons (Fsp3) is 0.786. The van der Waals surface area contributed by atoms with E-state index in [1.54, 1.807) is 0 Å². The van der Waals surface area contributed by atoms with E-state index in [4.69, 9.17) is 9.26 Å². The molecule has 1 saturated carbocycles. The second kappa shape index (κ2) is 5.23. The van der Waals surface area contributed by atoms with E-state index < -0.39 is 0 Å². The van der Waals surface area contributed by atoms with Gasteiger partial charge in [-0.25, -0.2) is 0 Å². The SMILES string of the molecule is CC1(C)COCCN1Cc1cc(CNC2CC2)no1. The predicted octanol–water partition coefficient (Wildman–Crippen LogP) is 1.54. The molecule has 0 amide bonds. The van der Waals surface area contributed by atoms with Gasteiger partial charge in [0, 0.05) is 30.7 Å². The van der Waals surface area contributed by atoms with Gasteiger partial charge in [0.2, 0.25) is 0 Å². The number of aromatic nitrogens is 1. The third-order valence-electron chi connectivity index (χ3n) is 3.92. The molecule has 5 nitrogen and oxygen atoms in total. The van der Waals surface area contributed by atoms with Crippen molar-refractivity contribution in [3.63, 3.8) is 0 Å². The first-order valence-electron chi connectivity index (χ1n) is 7.14. The maximum Gasteiger partial charge on any atom is 0.151 e. The molecule has 1 saturated heterocycles. The van der Waals surface area contributed by atoms with Gasteiger partial charge >= 0.3 is 0 Å². The summed E-state index contributed by atoms with van der Waals surface area (Å²) in [5.41, 5.74) is 1.07. The molecular formula is C14H23N3O2. The largest absolute Gasteiger partial charge is 0.378 e. The minimum atomic E-state index is 0.0669. The molecule has 106 valence electrons. The number of nitrogens with one attached hydrogen (secondary N) is 1. The van der Waals surface area contributed by atoms with Crippen LogP contribution in [0.4, 0.5) is 0 Å². The van der Waals surface area contributed by atoms with Crippen molar-refractivity contribution in [1.82, 2.24) is 15.4 Å². The average Bonchev–Trinajstić information content (AvgIpc) is 3.09. The van der Waals surface area contributed by atoms with Crippen LogP contribution in [0.2, 0.25) is 0 Å². The second-order valence-electron chi connectivity index (χ2n) is 6.23. The van der Waals surface area contributed by atoms with E-state index in [9.17, 15) is 0 Å². The summed E-state index contributed by atoms with van der Waals surface area (Å²) in [6.07, 6.45) is 2.60. The summed E-state index contributed by atoms with van der Waals surface area (Å²) in [7, 11) is 0. The first kappa shape index (κ1) is 13.1. The minimum absolute atomic E-state index is 0.0669. The molecule has 3 rings (SSSR count). The van der Waals surface area contributed by atoms with Crippen LogP contribution >= 0.6 is 0 Å². The predicted molar refractivity (Wildman–Crippen MR) is 71.7 cm³/mol. The van der Waals surface area contributed by atoms with Gasteiger partial charge < -0.3 is 14.6 Å². The highest BCUT2D eigenvalue weighted by molar-refractivity contribution is 5.06.